The first-order valence-electron chi connectivity index (χ1n) is 7.66. The lowest BCUT2D eigenvalue weighted by molar-refractivity contribution is -0.143. The predicted octanol–water partition coefficient (Wildman–Crippen LogP) is 2.10. The second kappa shape index (κ2) is 10.7. The van der Waals surface area contributed by atoms with Crippen molar-refractivity contribution in [3.05, 3.63) is 0 Å². The van der Waals surface area contributed by atoms with Gasteiger partial charge in [0.25, 0.3) is 0 Å². The molecular formula is C15H30N2O3. The summed E-state index contributed by atoms with van der Waals surface area (Å²) in [5, 5.41) is 8.91. The third-order valence-electron chi connectivity index (χ3n) is 3.69. The van der Waals surface area contributed by atoms with Crippen molar-refractivity contribution < 1.29 is 14.7 Å². The summed E-state index contributed by atoms with van der Waals surface area (Å²) in [4.78, 5) is 24.6. The van der Waals surface area contributed by atoms with Gasteiger partial charge in [-0.25, -0.2) is 0 Å². The number of amides is 1. The Balaban J connectivity index is 4.29. The molecule has 0 spiro atoms. The van der Waals surface area contributed by atoms with E-state index in [1.54, 1.807) is 11.8 Å². The monoisotopic (exact) mass is 286 g/mol. The molecule has 2 atom stereocenters. The van der Waals surface area contributed by atoms with Crippen molar-refractivity contribution in [3.8, 4) is 0 Å². The molecule has 118 valence electrons. The fourth-order valence-electron chi connectivity index (χ4n) is 2.38. The number of carboxylic acids is 1. The number of rotatable bonds is 11. The quantitative estimate of drug-likeness (QED) is 0.609. The van der Waals surface area contributed by atoms with E-state index in [0.29, 0.717) is 32.0 Å². The Morgan fingerprint density at radius 3 is 2.30 bits per heavy atom. The van der Waals surface area contributed by atoms with Gasteiger partial charge in [0.15, 0.2) is 0 Å². The van der Waals surface area contributed by atoms with Gasteiger partial charge >= 0.3 is 5.97 Å². The molecule has 1 amide bonds. The molecule has 5 heteroatoms. The van der Waals surface area contributed by atoms with Crippen LogP contribution < -0.4 is 5.73 Å². The van der Waals surface area contributed by atoms with Crippen molar-refractivity contribution in [2.24, 2.45) is 17.6 Å². The molecule has 0 heterocycles. The summed E-state index contributed by atoms with van der Waals surface area (Å²) in [6.45, 7) is 7.17. The molecule has 0 saturated carbocycles. The van der Waals surface area contributed by atoms with Crippen LogP contribution in [0.25, 0.3) is 0 Å². The summed E-state index contributed by atoms with van der Waals surface area (Å²) in [7, 11) is 0. The average Bonchev–Trinajstić information content (AvgIpc) is 2.41. The van der Waals surface area contributed by atoms with E-state index in [1.165, 1.54) is 0 Å². The van der Waals surface area contributed by atoms with Crippen LogP contribution in [-0.2, 0) is 9.59 Å². The Kier molecular flexibility index (Phi) is 10.1. The van der Waals surface area contributed by atoms with Crippen LogP contribution in [-0.4, -0.2) is 41.5 Å². The minimum atomic E-state index is -0.858. The highest BCUT2D eigenvalue weighted by Crippen LogP contribution is 2.18. The summed E-state index contributed by atoms with van der Waals surface area (Å²) < 4.78 is 0. The summed E-state index contributed by atoms with van der Waals surface area (Å²) >= 11 is 0. The number of hydrogen-bond acceptors (Lipinski definition) is 3. The molecule has 0 aromatic heterocycles. The molecule has 3 N–H and O–H groups in total. The Bertz CT molecular complexity index is 289. The molecule has 0 saturated heterocycles. The minimum Gasteiger partial charge on any atom is -0.481 e. The van der Waals surface area contributed by atoms with Gasteiger partial charge in [0.2, 0.25) is 5.91 Å². The lowest BCUT2D eigenvalue weighted by atomic mass is 9.94. The summed E-state index contributed by atoms with van der Waals surface area (Å²) in [6.07, 6.45) is 4.50. The minimum absolute atomic E-state index is 0.0544. The molecule has 0 aromatic rings. The van der Waals surface area contributed by atoms with Gasteiger partial charge in [-0.1, -0.05) is 26.7 Å². The van der Waals surface area contributed by atoms with Gasteiger partial charge in [0, 0.05) is 19.5 Å². The van der Waals surface area contributed by atoms with Crippen LogP contribution in [0, 0.1) is 11.8 Å². The highest BCUT2D eigenvalue weighted by atomic mass is 16.4. The van der Waals surface area contributed by atoms with Crippen molar-refractivity contribution in [3.63, 3.8) is 0 Å². The molecule has 0 aliphatic rings. The predicted molar refractivity (Wildman–Crippen MR) is 80.4 cm³/mol. The molecule has 0 bridgehead atoms. The summed E-state index contributed by atoms with van der Waals surface area (Å²) in [5.74, 6) is -0.819. The van der Waals surface area contributed by atoms with E-state index in [0.717, 1.165) is 25.7 Å². The molecule has 0 aliphatic heterocycles. The maximum absolute atomic E-state index is 12.1. The van der Waals surface area contributed by atoms with E-state index >= 15 is 0 Å². The summed E-state index contributed by atoms with van der Waals surface area (Å²) in [5.41, 5.74) is 5.59. The van der Waals surface area contributed by atoms with E-state index in [9.17, 15) is 9.59 Å². The summed E-state index contributed by atoms with van der Waals surface area (Å²) in [6, 6.07) is 0. The zero-order chi connectivity index (χ0) is 15.5. The molecule has 0 fully saturated rings. The fourth-order valence-corrected chi connectivity index (χ4v) is 2.38. The SMILES string of the molecule is CCCC(CCN)CCC(=O)N(CC)CC(C)C(=O)O. The first kappa shape index (κ1) is 18.9. The first-order valence-corrected chi connectivity index (χ1v) is 7.66. The smallest absolute Gasteiger partial charge is 0.308 e. The number of nitrogens with zero attached hydrogens (tertiary/aromatic N) is 1. The van der Waals surface area contributed by atoms with E-state index in [4.69, 9.17) is 10.8 Å². The standard InChI is InChI=1S/C15H30N2O3/c1-4-6-13(9-10-16)7-8-14(18)17(5-2)11-12(3)15(19)20/h12-13H,4-11,16H2,1-3H3,(H,19,20). The highest BCUT2D eigenvalue weighted by Gasteiger charge is 2.20. The molecule has 0 radical (unpaired) electrons. The normalized spacial score (nSPS) is 13.8. The number of hydrogen-bond donors (Lipinski definition) is 2. The number of carbonyl (C=O) groups excluding carboxylic acids is 1. The van der Waals surface area contributed by atoms with Gasteiger partial charge in [0.05, 0.1) is 5.92 Å². The number of carbonyl (C=O) groups is 2. The molecule has 5 nitrogen and oxygen atoms in total. The van der Waals surface area contributed by atoms with Crippen molar-refractivity contribution in [1.29, 1.82) is 0 Å². The van der Waals surface area contributed by atoms with Crippen molar-refractivity contribution in [1.82, 2.24) is 4.90 Å². The van der Waals surface area contributed by atoms with Crippen LogP contribution in [0.3, 0.4) is 0 Å². The van der Waals surface area contributed by atoms with Crippen molar-refractivity contribution >= 4 is 11.9 Å². The van der Waals surface area contributed by atoms with E-state index in [2.05, 4.69) is 6.92 Å². The molecule has 0 aliphatic carbocycles. The van der Waals surface area contributed by atoms with Crippen LogP contribution in [0.4, 0.5) is 0 Å². The maximum Gasteiger partial charge on any atom is 0.308 e. The van der Waals surface area contributed by atoms with Gasteiger partial charge in [-0.3, -0.25) is 9.59 Å². The van der Waals surface area contributed by atoms with Gasteiger partial charge in [-0.2, -0.15) is 0 Å². The Morgan fingerprint density at radius 2 is 1.85 bits per heavy atom. The van der Waals surface area contributed by atoms with Gasteiger partial charge < -0.3 is 15.7 Å². The highest BCUT2D eigenvalue weighted by molar-refractivity contribution is 5.77. The number of aliphatic carboxylic acids is 1. The second-order valence-electron chi connectivity index (χ2n) is 5.44. The van der Waals surface area contributed by atoms with Crippen LogP contribution in [0.5, 0.6) is 0 Å². The molecular weight excluding hydrogens is 256 g/mol. The topological polar surface area (TPSA) is 83.6 Å². The molecule has 0 rings (SSSR count). The third-order valence-corrected chi connectivity index (χ3v) is 3.69. The first-order chi connectivity index (χ1) is 9.46. The van der Waals surface area contributed by atoms with E-state index in [1.807, 2.05) is 6.92 Å². The number of carboxylic acid groups (broad SMARTS) is 1. The molecule has 20 heavy (non-hydrogen) atoms. The number of nitrogens with two attached hydrogens (primary N) is 1. The molecule has 0 aromatic carbocycles. The Hall–Kier alpha value is -1.10. The van der Waals surface area contributed by atoms with Gasteiger partial charge in [-0.05, 0) is 32.2 Å². The van der Waals surface area contributed by atoms with E-state index in [-0.39, 0.29) is 5.91 Å². The lowest BCUT2D eigenvalue weighted by Gasteiger charge is -2.24. The Labute approximate surface area is 122 Å². The Morgan fingerprint density at radius 1 is 1.20 bits per heavy atom. The van der Waals surface area contributed by atoms with Crippen molar-refractivity contribution in [2.45, 2.75) is 52.9 Å². The van der Waals surface area contributed by atoms with Crippen LogP contribution in [0.15, 0.2) is 0 Å². The van der Waals surface area contributed by atoms with Crippen LogP contribution in [0.2, 0.25) is 0 Å². The fraction of sp³-hybridized carbons (Fsp3) is 0.867. The second-order valence-corrected chi connectivity index (χ2v) is 5.44. The lowest BCUT2D eigenvalue weighted by Crippen LogP contribution is -2.36. The average molecular weight is 286 g/mol. The van der Waals surface area contributed by atoms with E-state index < -0.39 is 11.9 Å². The maximum atomic E-state index is 12.1. The zero-order valence-corrected chi connectivity index (χ0v) is 13.1. The molecule has 2 unspecified atom stereocenters. The van der Waals surface area contributed by atoms with Crippen LogP contribution >= 0.6 is 0 Å². The third kappa shape index (κ3) is 7.48. The van der Waals surface area contributed by atoms with Gasteiger partial charge in [0.1, 0.15) is 0 Å². The zero-order valence-electron chi connectivity index (χ0n) is 13.1. The largest absolute Gasteiger partial charge is 0.481 e. The van der Waals surface area contributed by atoms with Crippen molar-refractivity contribution in [2.75, 3.05) is 19.6 Å². The van der Waals surface area contributed by atoms with Gasteiger partial charge in [-0.15, -0.1) is 0 Å². The van der Waals surface area contributed by atoms with Crippen LogP contribution in [0.1, 0.15) is 52.9 Å².